The summed E-state index contributed by atoms with van der Waals surface area (Å²) in [5, 5.41) is 4.82. The summed E-state index contributed by atoms with van der Waals surface area (Å²) in [7, 11) is 1.66. The summed E-state index contributed by atoms with van der Waals surface area (Å²) < 4.78 is 16.7. The Balaban J connectivity index is 1.52. The highest BCUT2D eigenvalue weighted by atomic mass is 16.6. The number of methoxy groups -OCH3 is 1. The number of hydrogen-bond donors (Lipinski definition) is 3. The van der Waals surface area contributed by atoms with Crippen LogP contribution in [0.3, 0.4) is 0 Å². The van der Waals surface area contributed by atoms with Crippen molar-refractivity contribution in [3.05, 3.63) is 41.2 Å². The SMILES string of the molecule is COc1ccc(CN2NNC3=C2[C@]2(CC[C@H]3OC(=O)NC(C)C)CO2)cc1. The number of nitrogens with zero attached hydrogens (tertiary/aromatic N) is 1. The van der Waals surface area contributed by atoms with Crippen LogP contribution in [0.2, 0.25) is 0 Å². The topological polar surface area (TPSA) is 87.4 Å². The smallest absolute Gasteiger partial charge is 0.407 e. The average molecular weight is 374 g/mol. The van der Waals surface area contributed by atoms with Crippen LogP contribution >= 0.6 is 0 Å². The van der Waals surface area contributed by atoms with E-state index in [0.717, 1.165) is 35.5 Å². The van der Waals surface area contributed by atoms with E-state index in [9.17, 15) is 4.79 Å². The molecular formula is C19H26N4O4. The molecular weight excluding hydrogens is 348 g/mol. The van der Waals surface area contributed by atoms with Gasteiger partial charge in [0.1, 0.15) is 17.5 Å². The van der Waals surface area contributed by atoms with Crippen LogP contribution in [0.1, 0.15) is 32.3 Å². The van der Waals surface area contributed by atoms with Crippen molar-refractivity contribution in [2.75, 3.05) is 13.7 Å². The lowest BCUT2D eigenvalue weighted by Crippen LogP contribution is -2.40. The highest BCUT2D eigenvalue weighted by molar-refractivity contribution is 5.68. The molecule has 3 N–H and O–H groups in total. The lowest BCUT2D eigenvalue weighted by Gasteiger charge is -2.30. The van der Waals surface area contributed by atoms with Crippen LogP contribution < -0.4 is 21.0 Å². The number of amides is 1. The van der Waals surface area contributed by atoms with E-state index < -0.39 is 6.09 Å². The number of epoxide rings is 1. The monoisotopic (exact) mass is 374 g/mol. The Morgan fingerprint density at radius 3 is 2.78 bits per heavy atom. The van der Waals surface area contributed by atoms with E-state index in [1.54, 1.807) is 7.11 Å². The van der Waals surface area contributed by atoms with Crippen molar-refractivity contribution in [3.63, 3.8) is 0 Å². The van der Waals surface area contributed by atoms with Gasteiger partial charge in [0.25, 0.3) is 0 Å². The van der Waals surface area contributed by atoms with Gasteiger partial charge >= 0.3 is 6.09 Å². The summed E-state index contributed by atoms with van der Waals surface area (Å²) in [6, 6.07) is 7.99. The lowest BCUT2D eigenvalue weighted by atomic mass is 9.88. The van der Waals surface area contributed by atoms with Gasteiger partial charge in [0.05, 0.1) is 31.7 Å². The molecule has 0 saturated carbocycles. The van der Waals surface area contributed by atoms with Crippen LogP contribution in [0.15, 0.2) is 35.7 Å². The third-order valence-electron chi connectivity index (χ3n) is 5.06. The molecule has 2 aliphatic heterocycles. The van der Waals surface area contributed by atoms with Crippen LogP contribution in [0.5, 0.6) is 5.75 Å². The molecule has 0 radical (unpaired) electrons. The second kappa shape index (κ2) is 6.94. The Bertz CT molecular complexity index is 743. The summed E-state index contributed by atoms with van der Waals surface area (Å²) in [5.41, 5.74) is 9.18. The zero-order valence-corrected chi connectivity index (χ0v) is 15.9. The number of alkyl carbamates (subject to hydrolysis) is 1. The molecule has 4 rings (SSSR count). The number of fused-ring (bicyclic) bond motifs is 1. The molecule has 2 atom stereocenters. The Labute approximate surface area is 158 Å². The first-order valence-electron chi connectivity index (χ1n) is 9.28. The van der Waals surface area contributed by atoms with E-state index in [4.69, 9.17) is 14.2 Å². The molecule has 8 heteroatoms. The predicted octanol–water partition coefficient (Wildman–Crippen LogP) is 1.80. The summed E-state index contributed by atoms with van der Waals surface area (Å²) >= 11 is 0. The fraction of sp³-hybridized carbons (Fsp3) is 0.526. The van der Waals surface area contributed by atoms with Crippen LogP contribution in [0.4, 0.5) is 4.79 Å². The van der Waals surface area contributed by atoms with Gasteiger partial charge < -0.3 is 25.0 Å². The molecule has 0 aromatic heterocycles. The number of carbonyl (C=O) groups excluding carboxylic acids is 1. The Morgan fingerprint density at radius 1 is 1.41 bits per heavy atom. The van der Waals surface area contributed by atoms with Gasteiger partial charge in [0.15, 0.2) is 0 Å². The van der Waals surface area contributed by atoms with E-state index in [-0.39, 0.29) is 17.7 Å². The van der Waals surface area contributed by atoms with Gasteiger partial charge in [0.2, 0.25) is 0 Å². The van der Waals surface area contributed by atoms with Gasteiger partial charge in [-0.2, -0.15) is 0 Å². The van der Waals surface area contributed by atoms with E-state index in [0.29, 0.717) is 13.2 Å². The molecule has 0 bridgehead atoms. The van der Waals surface area contributed by atoms with E-state index in [1.165, 1.54) is 0 Å². The van der Waals surface area contributed by atoms with Crippen molar-refractivity contribution >= 4 is 6.09 Å². The molecule has 1 aromatic rings. The van der Waals surface area contributed by atoms with Crippen molar-refractivity contribution in [1.29, 1.82) is 0 Å². The Kier molecular flexibility index (Phi) is 4.61. The van der Waals surface area contributed by atoms with Gasteiger partial charge in [0, 0.05) is 6.04 Å². The number of benzene rings is 1. The summed E-state index contributed by atoms with van der Waals surface area (Å²) in [4.78, 5) is 12.1. The largest absolute Gasteiger partial charge is 0.497 e. The molecule has 27 heavy (non-hydrogen) atoms. The minimum atomic E-state index is -0.398. The normalized spacial score (nSPS) is 26.1. The molecule has 0 unspecified atom stereocenters. The number of nitrogens with one attached hydrogen (secondary N) is 3. The second-order valence-corrected chi connectivity index (χ2v) is 7.45. The van der Waals surface area contributed by atoms with Crippen molar-refractivity contribution in [2.24, 2.45) is 0 Å². The molecule has 146 valence electrons. The quantitative estimate of drug-likeness (QED) is 0.678. The first kappa shape index (κ1) is 17.9. The molecule has 2 heterocycles. The standard InChI is InChI=1S/C19H26N4O4/c1-12(2)20-18(24)27-15-8-9-19(11-26-19)17-16(15)21-22-23(17)10-13-4-6-14(25-3)7-5-13/h4-7,12,15,21-22H,8-11H2,1-3H3,(H,20,24)/t15-,19+/m1/s1. The second-order valence-electron chi connectivity index (χ2n) is 7.45. The first-order chi connectivity index (χ1) is 13.0. The Morgan fingerprint density at radius 2 is 2.15 bits per heavy atom. The fourth-order valence-corrected chi connectivity index (χ4v) is 3.66. The van der Waals surface area contributed by atoms with Crippen molar-refractivity contribution in [1.82, 2.24) is 21.3 Å². The molecule has 1 fully saturated rings. The van der Waals surface area contributed by atoms with E-state index in [2.05, 4.69) is 16.3 Å². The van der Waals surface area contributed by atoms with Crippen LogP contribution in [0.25, 0.3) is 0 Å². The molecule has 1 spiro atoms. The van der Waals surface area contributed by atoms with Gasteiger partial charge in [-0.15, -0.1) is 5.53 Å². The van der Waals surface area contributed by atoms with Crippen LogP contribution in [-0.2, 0) is 16.0 Å². The van der Waals surface area contributed by atoms with Crippen LogP contribution in [0, 0.1) is 0 Å². The van der Waals surface area contributed by atoms with E-state index in [1.807, 2.05) is 43.1 Å². The van der Waals surface area contributed by atoms with Crippen LogP contribution in [-0.4, -0.2) is 42.6 Å². The fourth-order valence-electron chi connectivity index (χ4n) is 3.66. The highest BCUT2D eigenvalue weighted by Gasteiger charge is 2.57. The Hall–Kier alpha value is -2.45. The summed E-state index contributed by atoms with van der Waals surface area (Å²) in [6.07, 6.45) is 0.843. The summed E-state index contributed by atoms with van der Waals surface area (Å²) in [6.45, 7) is 5.17. The van der Waals surface area contributed by atoms with Gasteiger partial charge in [-0.1, -0.05) is 12.1 Å². The van der Waals surface area contributed by atoms with Crippen molar-refractivity contribution in [2.45, 2.75) is 51.0 Å². The van der Waals surface area contributed by atoms with Gasteiger partial charge in [-0.05, 0) is 44.4 Å². The molecule has 8 nitrogen and oxygen atoms in total. The van der Waals surface area contributed by atoms with Crippen molar-refractivity contribution in [3.8, 4) is 5.75 Å². The number of hydrogen-bond acceptors (Lipinski definition) is 7. The number of ether oxygens (including phenoxy) is 3. The maximum absolute atomic E-state index is 12.1. The number of hydrazine groups is 2. The molecule has 1 aliphatic carbocycles. The molecule has 1 saturated heterocycles. The van der Waals surface area contributed by atoms with Crippen molar-refractivity contribution < 1.29 is 19.0 Å². The highest BCUT2D eigenvalue weighted by Crippen LogP contribution is 2.48. The number of carbonyl (C=O) groups is 1. The predicted molar refractivity (Wildman–Crippen MR) is 98.3 cm³/mol. The molecule has 3 aliphatic rings. The number of rotatable bonds is 5. The maximum atomic E-state index is 12.1. The third-order valence-corrected chi connectivity index (χ3v) is 5.06. The zero-order chi connectivity index (χ0) is 19.0. The average Bonchev–Trinajstić information content (AvgIpc) is 3.28. The maximum Gasteiger partial charge on any atom is 0.407 e. The minimum Gasteiger partial charge on any atom is -0.497 e. The third kappa shape index (κ3) is 3.54. The van der Waals surface area contributed by atoms with Gasteiger partial charge in [-0.3, -0.25) is 5.01 Å². The lowest BCUT2D eigenvalue weighted by molar-refractivity contribution is 0.0921. The zero-order valence-electron chi connectivity index (χ0n) is 15.9. The first-order valence-corrected chi connectivity index (χ1v) is 9.28. The van der Waals surface area contributed by atoms with E-state index >= 15 is 0 Å². The van der Waals surface area contributed by atoms with Gasteiger partial charge in [-0.25, -0.2) is 4.79 Å². The minimum absolute atomic E-state index is 0.0360. The molecule has 1 aromatic carbocycles. The summed E-state index contributed by atoms with van der Waals surface area (Å²) in [5.74, 6) is 0.829. The molecule has 1 amide bonds.